The van der Waals surface area contributed by atoms with Crippen molar-refractivity contribution < 1.29 is 47.9 Å². The van der Waals surface area contributed by atoms with Crippen LogP contribution in [0.1, 0.15) is 148 Å². The van der Waals surface area contributed by atoms with E-state index in [-0.39, 0.29) is 75.7 Å². The Morgan fingerprint density at radius 3 is 1.82 bits per heavy atom. The number of nitrogens with zero attached hydrogens (tertiary/aromatic N) is 2. The van der Waals surface area contributed by atoms with Gasteiger partial charge in [-0.2, -0.15) is 0 Å². The molecule has 3 unspecified atom stereocenters. The normalized spacial score (nSPS) is 13.5. The van der Waals surface area contributed by atoms with Gasteiger partial charge in [-0.05, 0) is 79.4 Å². The number of amides is 10. The van der Waals surface area contributed by atoms with Gasteiger partial charge in [-0.15, -0.1) is 0 Å². The van der Waals surface area contributed by atoms with Crippen molar-refractivity contribution in [3.63, 3.8) is 0 Å². The first-order valence-electron chi connectivity index (χ1n) is 28.3. The molecule has 3 atom stereocenters. The maximum absolute atomic E-state index is 13.8. The molecule has 20 nitrogen and oxygen atoms in total. The van der Waals surface area contributed by atoms with E-state index in [9.17, 15) is 43.2 Å². The summed E-state index contributed by atoms with van der Waals surface area (Å²) < 4.78 is 8.69. The van der Waals surface area contributed by atoms with Crippen LogP contribution >= 0.6 is 11.9 Å². The number of ether oxygens (including phenoxy) is 1. The Labute approximate surface area is 494 Å². The van der Waals surface area contributed by atoms with Crippen molar-refractivity contribution in [3.05, 3.63) is 84.0 Å². The van der Waals surface area contributed by atoms with E-state index in [2.05, 4.69) is 64.3 Å². The molecule has 0 fully saturated rings. The average Bonchev–Trinajstić information content (AvgIpc) is 3.83. The molecule has 2 aromatic rings. The SMILES string of the molecule is CC.CCC.CCC.CNC(C(=O)NC(C(=O)N(C)C/C=C(\C)C(=O)NSc1ccc(NC(=O)C(CCCNC(N)=O)NC(=O)CNC(=O)CC(C)(C)COCC(C)(C)CN2C(=O)C=CC2=O)cc1)C(C)(C)C)C(C)(C)c1ccccc1. The van der Waals surface area contributed by atoms with Crippen molar-refractivity contribution in [1.29, 1.82) is 0 Å². The van der Waals surface area contributed by atoms with Gasteiger partial charge in [0, 0.05) is 72.2 Å². The van der Waals surface area contributed by atoms with Crippen LogP contribution in [-0.4, -0.2) is 135 Å². The standard InChI is InChI=1S/C53H78N10O10S.2C3H8.C2H6/c1-34(26-28-62(12)48(71)44(50(2,3)4)60-47(70)43(55-11)53(9,10)35-17-14-13-15-18-35)45(68)61-74-37-22-20-36(21-23-37)58-46(69)38(19-16-27-56-49(54)72)59-40(65)30-57-39(64)29-51(5,6)32-73-33-52(7,8)31-63-41(66)24-25-42(63)67;2*1-3-2;1-2/h13-15,17-18,20-26,38,43-44,55H,16,19,27-33H2,1-12H3,(H,57,64)(H,58,69)(H,59,65)(H,60,70)(H,61,68)(H3,54,56,72);2*3H2,1-2H3;1-2H3/b34-26+;;;. The molecule has 0 aromatic heterocycles. The average molecular weight is 1170 g/mol. The van der Waals surface area contributed by atoms with Crippen molar-refractivity contribution in [3.8, 4) is 0 Å². The molecule has 10 amide bonds. The predicted molar refractivity (Wildman–Crippen MR) is 328 cm³/mol. The molecule has 1 heterocycles. The topological polar surface area (TPSA) is 280 Å². The monoisotopic (exact) mass is 1160 g/mol. The summed E-state index contributed by atoms with van der Waals surface area (Å²) in [6.45, 7) is 31.5. The zero-order valence-corrected chi connectivity index (χ0v) is 53.2. The summed E-state index contributed by atoms with van der Waals surface area (Å²) in [6, 6.07) is 13.0. The van der Waals surface area contributed by atoms with Crippen LogP contribution in [-0.2, 0) is 48.5 Å². The second-order valence-corrected chi connectivity index (χ2v) is 24.0. The van der Waals surface area contributed by atoms with Crippen LogP contribution in [0.15, 0.2) is 83.3 Å². The quantitative estimate of drug-likeness (QED) is 0.0178. The van der Waals surface area contributed by atoms with Crippen molar-refractivity contribution in [2.75, 3.05) is 58.8 Å². The van der Waals surface area contributed by atoms with E-state index in [1.165, 1.54) is 29.9 Å². The van der Waals surface area contributed by atoms with Gasteiger partial charge in [0.15, 0.2) is 0 Å². The minimum Gasteiger partial charge on any atom is -0.380 e. The molecule has 1 aliphatic heterocycles. The van der Waals surface area contributed by atoms with E-state index in [0.717, 1.165) is 22.4 Å². The van der Waals surface area contributed by atoms with Crippen LogP contribution in [0.3, 0.4) is 0 Å². The van der Waals surface area contributed by atoms with Gasteiger partial charge in [0.2, 0.25) is 29.5 Å². The molecule has 21 heteroatoms. The van der Waals surface area contributed by atoms with Crippen LogP contribution < -0.4 is 42.4 Å². The highest BCUT2D eigenvalue weighted by atomic mass is 32.2. The largest absolute Gasteiger partial charge is 0.380 e. The molecule has 0 saturated heterocycles. The van der Waals surface area contributed by atoms with Gasteiger partial charge < -0.3 is 47.3 Å². The molecule has 460 valence electrons. The van der Waals surface area contributed by atoms with E-state index in [4.69, 9.17) is 10.5 Å². The van der Waals surface area contributed by atoms with E-state index >= 15 is 0 Å². The molecular weight excluding hydrogens is 1060 g/mol. The summed E-state index contributed by atoms with van der Waals surface area (Å²) in [7, 11) is 3.33. The summed E-state index contributed by atoms with van der Waals surface area (Å²) in [6.07, 6.45) is 7.01. The summed E-state index contributed by atoms with van der Waals surface area (Å²) in [5.74, 6) is -3.37. The summed E-state index contributed by atoms with van der Waals surface area (Å²) in [5.41, 5.74) is 4.50. The van der Waals surface area contributed by atoms with Crippen molar-refractivity contribution in [2.45, 2.75) is 171 Å². The van der Waals surface area contributed by atoms with Gasteiger partial charge in [-0.3, -0.25) is 48.0 Å². The van der Waals surface area contributed by atoms with Crippen LogP contribution in [0, 0.1) is 16.2 Å². The van der Waals surface area contributed by atoms with Gasteiger partial charge in [0.25, 0.3) is 17.7 Å². The molecule has 2 aromatic carbocycles. The Balaban J connectivity index is 0.00000775. The lowest BCUT2D eigenvalue weighted by Gasteiger charge is -2.38. The number of primary amides is 1. The summed E-state index contributed by atoms with van der Waals surface area (Å²) >= 11 is 1.04. The number of urea groups is 1. The third-order valence-corrected chi connectivity index (χ3v) is 13.0. The molecule has 82 heavy (non-hydrogen) atoms. The number of hydrogen-bond donors (Lipinski definition) is 8. The van der Waals surface area contributed by atoms with Gasteiger partial charge >= 0.3 is 6.03 Å². The number of hydrogen-bond acceptors (Lipinski definition) is 12. The molecule has 0 radical (unpaired) electrons. The lowest BCUT2D eigenvalue weighted by Crippen LogP contribution is -2.60. The molecule has 0 saturated carbocycles. The maximum atomic E-state index is 13.8. The second-order valence-electron chi connectivity index (χ2n) is 23.1. The molecule has 0 aliphatic carbocycles. The smallest absolute Gasteiger partial charge is 0.312 e. The van der Waals surface area contributed by atoms with Gasteiger partial charge in [0.1, 0.15) is 12.1 Å². The van der Waals surface area contributed by atoms with E-state index in [0.29, 0.717) is 16.2 Å². The van der Waals surface area contributed by atoms with Gasteiger partial charge in [-0.25, -0.2) is 4.79 Å². The highest BCUT2D eigenvalue weighted by Crippen LogP contribution is 2.29. The summed E-state index contributed by atoms with van der Waals surface area (Å²) in [4.78, 5) is 119. The van der Waals surface area contributed by atoms with Crippen LogP contribution in [0.5, 0.6) is 0 Å². The number of likely N-dealkylation sites (N-methyl/N-ethyl adjacent to an activating group) is 2. The highest BCUT2D eigenvalue weighted by Gasteiger charge is 2.41. The van der Waals surface area contributed by atoms with Crippen LogP contribution in [0.25, 0.3) is 0 Å². The van der Waals surface area contributed by atoms with Gasteiger partial charge in [-0.1, -0.05) is 153 Å². The number of carbonyl (C=O) groups excluding carboxylic acids is 9. The second kappa shape index (κ2) is 37.5. The number of nitrogens with two attached hydrogens (primary N) is 1. The first-order valence-corrected chi connectivity index (χ1v) is 29.1. The van der Waals surface area contributed by atoms with Crippen molar-refractivity contribution >= 4 is 70.9 Å². The molecular formula is C61H100N10O10S. The Kier molecular flexibility index (Phi) is 34.5. The van der Waals surface area contributed by atoms with E-state index in [1.54, 1.807) is 51.4 Å². The Bertz CT molecular complexity index is 2400. The number of carbonyl (C=O) groups is 9. The number of imide groups is 1. The Morgan fingerprint density at radius 2 is 1.29 bits per heavy atom. The molecule has 0 spiro atoms. The fraction of sp³-hybridized carbons (Fsp3) is 0.590. The van der Waals surface area contributed by atoms with E-state index in [1.807, 2.05) is 106 Å². The number of benzene rings is 2. The molecule has 1 aliphatic rings. The van der Waals surface area contributed by atoms with Crippen molar-refractivity contribution in [1.82, 2.24) is 41.1 Å². The van der Waals surface area contributed by atoms with E-state index < -0.39 is 76.0 Å². The third kappa shape index (κ3) is 28.4. The summed E-state index contributed by atoms with van der Waals surface area (Å²) in [5, 5.41) is 16.6. The third-order valence-electron chi connectivity index (χ3n) is 12.2. The van der Waals surface area contributed by atoms with Crippen LogP contribution in [0.4, 0.5) is 10.5 Å². The Hall–Kier alpha value is -6.58. The Morgan fingerprint density at radius 1 is 0.744 bits per heavy atom. The first-order chi connectivity index (χ1) is 38.3. The number of rotatable bonds is 28. The molecule has 3 rings (SSSR count). The lowest BCUT2D eigenvalue weighted by molar-refractivity contribution is -0.139. The fourth-order valence-electron chi connectivity index (χ4n) is 7.85. The highest BCUT2D eigenvalue weighted by molar-refractivity contribution is 7.98. The fourth-order valence-corrected chi connectivity index (χ4v) is 8.49. The predicted octanol–water partition coefficient (Wildman–Crippen LogP) is 7.54. The minimum absolute atomic E-state index is 0.0133. The van der Waals surface area contributed by atoms with Crippen molar-refractivity contribution in [2.24, 2.45) is 22.0 Å². The molecule has 0 bridgehead atoms. The van der Waals surface area contributed by atoms with Gasteiger partial charge in [0.05, 0.1) is 25.8 Å². The first kappa shape index (κ1) is 75.4. The zero-order chi connectivity index (χ0) is 63.0. The van der Waals surface area contributed by atoms with Crippen LogP contribution in [0.2, 0.25) is 0 Å². The number of anilines is 1. The maximum Gasteiger partial charge on any atom is 0.312 e. The molecule has 9 N–H and O–H groups in total. The zero-order valence-electron chi connectivity index (χ0n) is 52.4. The minimum atomic E-state index is -1.05. The number of nitrogens with one attached hydrogen (secondary N) is 7. The lowest BCUT2D eigenvalue weighted by atomic mass is 9.76.